The Balaban J connectivity index is 1.74. The van der Waals surface area contributed by atoms with E-state index in [1.807, 2.05) is 0 Å². The molecular formula is C10H17N. The molecule has 2 fully saturated rings. The molecule has 0 saturated heterocycles. The lowest BCUT2D eigenvalue weighted by molar-refractivity contribution is 0.444. The highest BCUT2D eigenvalue weighted by Gasteiger charge is 2.20. The summed E-state index contributed by atoms with van der Waals surface area (Å²) < 4.78 is 0. The van der Waals surface area contributed by atoms with Crippen molar-refractivity contribution in [3.63, 3.8) is 0 Å². The average molecular weight is 151 g/mol. The number of aliphatic imine (C=N–C) groups is 1. The number of nitrogens with zero attached hydrogens (tertiary/aromatic N) is 1. The first-order valence-electron chi connectivity index (χ1n) is 4.98. The fourth-order valence-corrected chi connectivity index (χ4v) is 1.75. The molecule has 1 heteroatoms. The topological polar surface area (TPSA) is 12.4 Å². The van der Waals surface area contributed by atoms with E-state index in [0.717, 1.165) is 12.0 Å². The Bertz CT molecular complexity index is 141. The maximum atomic E-state index is 4.53. The molecule has 2 aliphatic carbocycles. The first-order valence-corrected chi connectivity index (χ1v) is 4.98. The second-order valence-corrected chi connectivity index (χ2v) is 3.93. The second-order valence-electron chi connectivity index (χ2n) is 3.93. The summed E-state index contributed by atoms with van der Waals surface area (Å²) in [6, 6.07) is 0.733. The smallest absolute Gasteiger partial charge is 0.0497 e. The van der Waals surface area contributed by atoms with Crippen molar-refractivity contribution in [2.45, 2.75) is 51.0 Å². The van der Waals surface area contributed by atoms with Crippen LogP contribution in [0.3, 0.4) is 0 Å². The summed E-state index contributed by atoms with van der Waals surface area (Å²) in [5.74, 6) is 0.837. The van der Waals surface area contributed by atoms with E-state index >= 15 is 0 Å². The van der Waals surface area contributed by atoms with Crippen molar-refractivity contribution in [3.8, 4) is 0 Å². The van der Waals surface area contributed by atoms with Crippen LogP contribution in [0.2, 0.25) is 0 Å². The fourth-order valence-electron chi connectivity index (χ4n) is 1.75. The summed E-state index contributed by atoms with van der Waals surface area (Å²) >= 11 is 0. The Labute approximate surface area is 68.9 Å². The van der Waals surface area contributed by atoms with Gasteiger partial charge in [-0.3, -0.25) is 4.99 Å². The number of rotatable bonds is 2. The van der Waals surface area contributed by atoms with Crippen molar-refractivity contribution in [1.82, 2.24) is 0 Å². The van der Waals surface area contributed by atoms with Gasteiger partial charge in [0.15, 0.2) is 0 Å². The van der Waals surface area contributed by atoms with Gasteiger partial charge < -0.3 is 0 Å². The van der Waals surface area contributed by atoms with Crippen molar-refractivity contribution in [2.75, 3.05) is 0 Å². The number of hydrogen-bond acceptors (Lipinski definition) is 1. The minimum Gasteiger partial charge on any atom is -0.294 e. The van der Waals surface area contributed by atoms with Crippen LogP contribution in [0.4, 0.5) is 0 Å². The first kappa shape index (κ1) is 7.33. The van der Waals surface area contributed by atoms with Gasteiger partial charge in [-0.15, -0.1) is 0 Å². The van der Waals surface area contributed by atoms with E-state index in [0.29, 0.717) is 0 Å². The Kier molecular flexibility index (Phi) is 2.25. The first-order chi connectivity index (χ1) is 5.45. The van der Waals surface area contributed by atoms with E-state index in [2.05, 4.69) is 11.2 Å². The monoisotopic (exact) mass is 151 g/mol. The van der Waals surface area contributed by atoms with Crippen LogP contribution in [-0.4, -0.2) is 12.3 Å². The predicted molar refractivity (Wildman–Crippen MR) is 48.1 cm³/mol. The highest BCUT2D eigenvalue weighted by Crippen LogP contribution is 2.26. The molecule has 0 atom stereocenters. The minimum atomic E-state index is 0.733. The second kappa shape index (κ2) is 3.38. The summed E-state index contributed by atoms with van der Waals surface area (Å²) in [5, 5.41) is 0. The van der Waals surface area contributed by atoms with Gasteiger partial charge >= 0.3 is 0 Å². The van der Waals surface area contributed by atoms with Crippen molar-refractivity contribution < 1.29 is 0 Å². The van der Waals surface area contributed by atoms with E-state index in [9.17, 15) is 0 Å². The number of hydrogen-bond donors (Lipinski definition) is 0. The molecule has 0 bridgehead atoms. The lowest BCUT2D eigenvalue weighted by atomic mass is 9.90. The third-order valence-electron chi connectivity index (χ3n) is 2.70. The van der Waals surface area contributed by atoms with Crippen LogP contribution in [0.15, 0.2) is 4.99 Å². The van der Waals surface area contributed by atoms with Gasteiger partial charge in [0.25, 0.3) is 0 Å². The van der Waals surface area contributed by atoms with Crippen LogP contribution in [-0.2, 0) is 0 Å². The van der Waals surface area contributed by atoms with Gasteiger partial charge in [0.2, 0.25) is 0 Å². The normalized spacial score (nSPS) is 28.0. The van der Waals surface area contributed by atoms with Gasteiger partial charge in [0, 0.05) is 12.3 Å². The maximum Gasteiger partial charge on any atom is 0.0497 e. The molecule has 62 valence electrons. The van der Waals surface area contributed by atoms with Crippen molar-refractivity contribution in [1.29, 1.82) is 0 Å². The van der Waals surface area contributed by atoms with Crippen LogP contribution in [0, 0.1) is 5.92 Å². The molecule has 0 heterocycles. The molecule has 11 heavy (non-hydrogen) atoms. The minimum absolute atomic E-state index is 0.733. The summed E-state index contributed by atoms with van der Waals surface area (Å²) in [7, 11) is 0. The molecule has 0 aromatic carbocycles. The van der Waals surface area contributed by atoms with Crippen molar-refractivity contribution >= 4 is 6.21 Å². The summed E-state index contributed by atoms with van der Waals surface area (Å²) in [5.41, 5.74) is 0. The Morgan fingerprint density at radius 3 is 2.27 bits per heavy atom. The standard InChI is InChI=1S/C10H17N/c1-2-4-9(5-3-1)8-11-10-6-7-10/h8-10H,1-7H2. The molecule has 0 amide bonds. The summed E-state index contributed by atoms with van der Waals surface area (Å²) in [4.78, 5) is 4.53. The van der Waals surface area contributed by atoms with E-state index in [1.54, 1.807) is 0 Å². The lowest BCUT2D eigenvalue weighted by Gasteiger charge is -2.16. The molecule has 0 unspecified atom stereocenters. The molecule has 2 rings (SSSR count). The Morgan fingerprint density at radius 2 is 1.64 bits per heavy atom. The van der Waals surface area contributed by atoms with Crippen LogP contribution in [0.5, 0.6) is 0 Å². The van der Waals surface area contributed by atoms with Gasteiger partial charge in [-0.05, 0) is 31.6 Å². The SMILES string of the molecule is C(=NC1CC1)C1CCCCC1. The van der Waals surface area contributed by atoms with Crippen LogP contribution in [0.25, 0.3) is 0 Å². The van der Waals surface area contributed by atoms with E-state index in [4.69, 9.17) is 0 Å². The average Bonchev–Trinajstić information content (AvgIpc) is 2.86. The molecule has 0 aromatic rings. The molecule has 2 saturated carbocycles. The van der Waals surface area contributed by atoms with Gasteiger partial charge in [-0.2, -0.15) is 0 Å². The van der Waals surface area contributed by atoms with Gasteiger partial charge in [-0.25, -0.2) is 0 Å². The highest BCUT2D eigenvalue weighted by molar-refractivity contribution is 5.61. The van der Waals surface area contributed by atoms with Gasteiger partial charge in [0.05, 0.1) is 0 Å². The maximum absolute atomic E-state index is 4.53. The quantitative estimate of drug-likeness (QED) is 0.538. The summed E-state index contributed by atoms with van der Waals surface area (Å²) in [6.07, 6.45) is 12.1. The predicted octanol–water partition coefficient (Wildman–Crippen LogP) is 2.80. The fraction of sp³-hybridized carbons (Fsp3) is 0.900. The van der Waals surface area contributed by atoms with Crippen molar-refractivity contribution in [2.24, 2.45) is 10.9 Å². The van der Waals surface area contributed by atoms with Crippen LogP contribution >= 0.6 is 0 Å². The molecule has 0 aromatic heterocycles. The van der Waals surface area contributed by atoms with Gasteiger partial charge in [-0.1, -0.05) is 19.3 Å². The molecule has 2 aliphatic rings. The van der Waals surface area contributed by atoms with E-state index < -0.39 is 0 Å². The lowest BCUT2D eigenvalue weighted by Crippen LogP contribution is -2.07. The molecular weight excluding hydrogens is 134 g/mol. The summed E-state index contributed by atoms with van der Waals surface area (Å²) in [6.45, 7) is 0. The van der Waals surface area contributed by atoms with E-state index in [-0.39, 0.29) is 0 Å². The van der Waals surface area contributed by atoms with Crippen LogP contribution < -0.4 is 0 Å². The van der Waals surface area contributed by atoms with Crippen molar-refractivity contribution in [3.05, 3.63) is 0 Å². The molecule has 0 radical (unpaired) electrons. The molecule has 0 N–H and O–H groups in total. The Morgan fingerprint density at radius 1 is 0.909 bits per heavy atom. The Hall–Kier alpha value is -0.330. The molecule has 0 spiro atoms. The van der Waals surface area contributed by atoms with Crippen LogP contribution in [0.1, 0.15) is 44.9 Å². The third kappa shape index (κ3) is 2.32. The largest absolute Gasteiger partial charge is 0.294 e. The van der Waals surface area contributed by atoms with E-state index in [1.165, 1.54) is 44.9 Å². The highest BCUT2D eigenvalue weighted by atomic mass is 14.8. The zero-order valence-corrected chi connectivity index (χ0v) is 7.13. The zero-order valence-electron chi connectivity index (χ0n) is 7.13. The third-order valence-corrected chi connectivity index (χ3v) is 2.70. The zero-order chi connectivity index (χ0) is 7.52. The molecule has 0 aliphatic heterocycles. The van der Waals surface area contributed by atoms with Gasteiger partial charge in [0.1, 0.15) is 0 Å². The molecule has 1 nitrogen and oxygen atoms in total.